The lowest BCUT2D eigenvalue weighted by atomic mass is 10.1. The maximum atomic E-state index is 4.72. The molecule has 0 amide bonds. The van der Waals surface area contributed by atoms with Gasteiger partial charge in [0.05, 0.1) is 0 Å². The summed E-state index contributed by atoms with van der Waals surface area (Å²) < 4.78 is 0. The summed E-state index contributed by atoms with van der Waals surface area (Å²) in [5.41, 5.74) is 4.17. The van der Waals surface area contributed by atoms with Crippen molar-refractivity contribution in [1.29, 1.82) is 0 Å². The Bertz CT molecular complexity index is 886. The van der Waals surface area contributed by atoms with Gasteiger partial charge in [-0.15, -0.1) is 21.5 Å². The number of benzene rings is 2. The molecule has 2 heterocycles. The normalized spacial score (nSPS) is 10.9. The summed E-state index contributed by atoms with van der Waals surface area (Å²) in [5, 5.41) is 10.6. The number of fused-ring (bicyclic) bond motifs is 1. The van der Waals surface area contributed by atoms with E-state index in [1.807, 2.05) is 48.5 Å². The van der Waals surface area contributed by atoms with Gasteiger partial charge in [0.2, 0.25) is 0 Å². The third kappa shape index (κ3) is 2.19. The van der Waals surface area contributed by atoms with Crippen LogP contribution < -0.4 is 0 Å². The third-order valence-electron chi connectivity index (χ3n) is 3.32. The maximum Gasteiger partial charge on any atom is 0.182 e. The summed E-state index contributed by atoms with van der Waals surface area (Å²) in [6.45, 7) is 0. The molecule has 0 fully saturated rings. The lowest BCUT2D eigenvalue weighted by Crippen LogP contribution is -1.92. The number of nitrogens with zero attached hydrogens (tertiary/aromatic N) is 3. The van der Waals surface area contributed by atoms with Crippen LogP contribution >= 0.6 is 11.3 Å². The summed E-state index contributed by atoms with van der Waals surface area (Å²) in [6.07, 6.45) is 0. The average molecular weight is 289 g/mol. The minimum Gasteiger partial charge on any atom is -0.223 e. The lowest BCUT2D eigenvalue weighted by Gasteiger charge is -2.01. The van der Waals surface area contributed by atoms with Crippen LogP contribution in [0.3, 0.4) is 0 Å². The second-order valence-electron chi connectivity index (χ2n) is 4.67. The van der Waals surface area contributed by atoms with E-state index < -0.39 is 0 Å². The SMILES string of the molecule is c1ccc(-c2nnc3scc(-c4ccccc4)c3n2)cc1. The Labute approximate surface area is 125 Å². The standard InChI is InChI=1S/C17H11N3S/c1-3-7-12(8-4-1)14-11-21-17-15(14)18-16(19-20-17)13-9-5-2-6-10-13/h1-11H. The Morgan fingerprint density at radius 3 is 2.10 bits per heavy atom. The molecule has 0 aliphatic heterocycles. The van der Waals surface area contributed by atoms with Crippen LogP contribution in [0.2, 0.25) is 0 Å². The zero-order chi connectivity index (χ0) is 14.1. The molecule has 0 bridgehead atoms. The Morgan fingerprint density at radius 1 is 0.714 bits per heavy atom. The number of hydrogen-bond donors (Lipinski definition) is 0. The molecule has 0 aliphatic carbocycles. The third-order valence-corrected chi connectivity index (χ3v) is 4.17. The van der Waals surface area contributed by atoms with Crippen molar-refractivity contribution in [2.45, 2.75) is 0 Å². The van der Waals surface area contributed by atoms with Crippen LogP contribution in [-0.2, 0) is 0 Å². The molecule has 0 aliphatic rings. The van der Waals surface area contributed by atoms with Gasteiger partial charge in [0.25, 0.3) is 0 Å². The molecule has 0 saturated heterocycles. The lowest BCUT2D eigenvalue weighted by molar-refractivity contribution is 1.04. The second kappa shape index (κ2) is 5.07. The van der Waals surface area contributed by atoms with Crippen LogP contribution in [0.4, 0.5) is 0 Å². The molecule has 0 atom stereocenters. The van der Waals surface area contributed by atoms with Gasteiger partial charge in [-0.05, 0) is 5.56 Å². The van der Waals surface area contributed by atoms with E-state index in [9.17, 15) is 0 Å². The highest BCUT2D eigenvalue weighted by Gasteiger charge is 2.11. The molecule has 21 heavy (non-hydrogen) atoms. The zero-order valence-corrected chi connectivity index (χ0v) is 11.9. The molecule has 100 valence electrons. The van der Waals surface area contributed by atoms with E-state index in [2.05, 4.69) is 27.7 Å². The summed E-state index contributed by atoms with van der Waals surface area (Å²) in [6, 6.07) is 20.2. The highest BCUT2D eigenvalue weighted by Crippen LogP contribution is 2.32. The molecular weight excluding hydrogens is 278 g/mol. The van der Waals surface area contributed by atoms with Crippen molar-refractivity contribution in [2.75, 3.05) is 0 Å². The first-order valence-corrected chi connectivity index (χ1v) is 7.52. The minimum atomic E-state index is 0.665. The Kier molecular flexibility index (Phi) is 2.94. The molecule has 0 N–H and O–H groups in total. The van der Waals surface area contributed by atoms with Gasteiger partial charge in [-0.25, -0.2) is 4.98 Å². The number of rotatable bonds is 2. The van der Waals surface area contributed by atoms with Crippen molar-refractivity contribution in [3.63, 3.8) is 0 Å². The van der Waals surface area contributed by atoms with E-state index in [-0.39, 0.29) is 0 Å². The molecule has 2 aromatic heterocycles. The van der Waals surface area contributed by atoms with E-state index >= 15 is 0 Å². The predicted octanol–water partition coefficient (Wildman–Crippen LogP) is 4.42. The topological polar surface area (TPSA) is 38.7 Å². The Morgan fingerprint density at radius 2 is 1.38 bits per heavy atom. The first-order valence-electron chi connectivity index (χ1n) is 6.64. The first-order chi connectivity index (χ1) is 10.4. The van der Waals surface area contributed by atoms with Gasteiger partial charge in [0.15, 0.2) is 10.7 Å². The number of aromatic nitrogens is 3. The second-order valence-corrected chi connectivity index (χ2v) is 5.53. The monoisotopic (exact) mass is 289 g/mol. The molecule has 3 nitrogen and oxygen atoms in total. The minimum absolute atomic E-state index is 0.665. The summed E-state index contributed by atoms with van der Waals surface area (Å²) in [4.78, 5) is 5.59. The van der Waals surface area contributed by atoms with Crippen molar-refractivity contribution in [3.8, 4) is 22.5 Å². The summed E-state index contributed by atoms with van der Waals surface area (Å²) >= 11 is 1.58. The molecule has 0 radical (unpaired) electrons. The van der Waals surface area contributed by atoms with Crippen LogP contribution in [0, 0.1) is 0 Å². The van der Waals surface area contributed by atoms with Crippen LogP contribution in [0.1, 0.15) is 0 Å². The molecular formula is C17H11N3S. The van der Waals surface area contributed by atoms with Gasteiger partial charge in [-0.2, -0.15) is 0 Å². The van der Waals surface area contributed by atoms with E-state index in [1.165, 1.54) is 0 Å². The van der Waals surface area contributed by atoms with E-state index in [4.69, 9.17) is 4.98 Å². The highest BCUT2D eigenvalue weighted by atomic mass is 32.1. The van der Waals surface area contributed by atoms with Gasteiger partial charge in [-0.3, -0.25) is 0 Å². The van der Waals surface area contributed by atoms with E-state index in [0.29, 0.717) is 5.82 Å². The fourth-order valence-corrected chi connectivity index (χ4v) is 3.11. The van der Waals surface area contributed by atoms with Crippen LogP contribution in [-0.4, -0.2) is 15.2 Å². The van der Waals surface area contributed by atoms with Crippen molar-refractivity contribution < 1.29 is 0 Å². The summed E-state index contributed by atoms with van der Waals surface area (Å²) in [7, 11) is 0. The van der Waals surface area contributed by atoms with Crippen molar-refractivity contribution in [3.05, 3.63) is 66.0 Å². The van der Waals surface area contributed by atoms with Crippen molar-refractivity contribution in [2.24, 2.45) is 0 Å². The van der Waals surface area contributed by atoms with Crippen molar-refractivity contribution >= 4 is 21.7 Å². The molecule has 2 aromatic carbocycles. The van der Waals surface area contributed by atoms with Gasteiger partial charge in [-0.1, -0.05) is 60.7 Å². The highest BCUT2D eigenvalue weighted by molar-refractivity contribution is 7.17. The first kappa shape index (κ1) is 12.2. The van der Waals surface area contributed by atoms with Crippen molar-refractivity contribution in [1.82, 2.24) is 15.2 Å². The summed E-state index contributed by atoms with van der Waals surface area (Å²) in [5.74, 6) is 0.665. The molecule has 4 rings (SSSR count). The molecule has 4 aromatic rings. The fourth-order valence-electron chi connectivity index (χ4n) is 2.27. The van der Waals surface area contributed by atoms with Gasteiger partial charge in [0.1, 0.15) is 5.52 Å². The smallest absolute Gasteiger partial charge is 0.182 e. The van der Waals surface area contributed by atoms with Gasteiger partial charge >= 0.3 is 0 Å². The largest absolute Gasteiger partial charge is 0.223 e. The predicted molar refractivity (Wildman–Crippen MR) is 86.1 cm³/mol. The Balaban J connectivity index is 1.91. The van der Waals surface area contributed by atoms with Gasteiger partial charge in [0, 0.05) is 16.5 Å². The average Bonchev–Trinajstić information content (AvgIpc) is 2.99. The molecule has 4 heteroatoms. The Hall–Kier alpha value is -2.59. The molecule has 0 saturated carbocycles. The number of hydrogen-bond acceptors (Lipinski definition) is 4. The zero-order valence-electron chi connectivity index (χ0n) is 11.1. The molecule has 0 spiro atoms. The van der Waals surface area contributed by atoms with Crippen LogP contribution in [0.5, 0.6) is 0 Å². The van der Waals surface area contributed by atoms with Crippen LogP contribution in [0.15, 0.2) is 66.0 Å². The van der Waals surface area contributed by atoms with Crippen LogP contribution in [0.25, 0.3) is 32.9 Å². The quantitative estimate of drug-likeness (QED) is 0.548. The fraction of sp³-hybridized carbons (Fsp3) is 0. The maximum absolute atomic E-state index is 4.72. The van der Waals surface area contributed by atoms with Gasteiger partial charge < -0.3 is 0 Å². The number of thiophene rings is 1. The van der Waals surface area contributed by atoms with E-state index in [0.717, 1.165) is 27.0 Å². The molecule has 0 unspecified atom stereocenters. The van der Waals surface area contributed by atoms with E-state index in [1.54, 1.807) is 11.3 Å².